The Bertz CT molecular complexity index is 425. The van der Waals surface area contributed by atoms with E-state index in [-0.39, 0.29) is 18.3 Å². The Balaban J connectivity index is 2.35. The second kappa shape index (κ2) is 5.77. The average molecular weight is 251 g/mol. The van der Waals surface area contributed by atoms with Crippen LogP contribution in [0.4, 0.5) is 11.4 Å². The van der Waals surface area contributed by atoms with E-state index in [0.717, 1.165) is 32.2 Å². The number of anilines is 1. The van der Waals surface area contributed by atoms with Gasteiger partial charge in [-0.15, -0.1) is 0 Å². The average Bonchev–Trinajstić information content (AvgIpc) is 2.63. The molecule has 18 heavy (non-hydrogen) atoms. The first-order valence-corrected chi connectivity index (χ1v) is 6.20. The lowest BCUT2D eigenvalue weighted by Crippen LogP contribution is -2.37. The molecule has 1 N–H and O–H groups in total. The first-order valence-electron chi connectivity index (χ1n) is 6.20. The molecule has 1 saturated heterocycles. The topological polar surface area (TPSA) is 79.5 Å². The molecule has 1 unspecified atom stereocenters. The molecule has 6 nitrogen and oxygen atoms in total. The zero-order valence-electron chi connectivity index (χ0n) is 10.2. The molecule has 0 bridgehead atoms. The summed E-state index contributed by atoms with van der Waals surface area (Å²) in [7, 11) is 0. The predicted molar refractivity (Wildman–Crippen MR) is 67.6 cm³/mol. The summed E-state index contributed by atoms with van der Waals surface area (Å²) in [4.78, 5) is 16.4. The molecule has 6 heteroatoms. The van der Waals surface area contributed by atoms with Crippen LogP contribution in [0.25, 0.3) is 0 Å². The molecule has 0 aliphatic carbocycles. The van der Waals surface area contributed by atoms with Crippen LogP contribution in [0.15, 0.2) is 18.5 Å². The van der Waals surface area contributed by atoms with Gasteiger partial charge in [-0.25, -0.2) is 0 Å². The Morgan fingerprint density at radius 1 is 1.50 bits per heavy atom. The minimum Gasteiger partial charge on any atom is -0.394 e. The Hall–Kier alpha value is -1.69. The SMILES string of the molecule is O=[N+]([O-])c1cnccc1N1CCCCCC1CO. The quantitative estimate of drug-likeness (QED) is 0.653. The van der Waals surface area contributed by atoms with Crippen LogP contribution in [-0.2, 0) is 0 Å². The van der Waals surface area contributed by atoms with E-state index in [4.69, 9.17) is 0 Å². The smallest absolute Gasteiger partial charge is 0.310 e. The van der Waals surface area contributed by atoms with Crippen LogP contribution in [0.3, 0.4) is 0 Å². The van der Waals surface area contributed by atoms with E-state index < -0.39 is 4.92 Å². The molecular weight excluding hydrogens is 234 g/mol. The molecule has 1 atom stereocenters. The van der Waals surface area contributed by atoms with Crippen molar-refractivity contribution in [2.24, 2.45) is 0 Å². The number of nitrogens with zero attached hydrogens (tertiary/aromatic N) is 3. The Labute approximate surface area is 105 Å². The summed E-state index contributed by atoms with van der Waals surface area (Å²) in [5.41, 5.74) is 0.578. The van der Waals surface area contributed by atoms with Gasteiger partial charge in [0.05, 0.1) is 17.6 Å². The van der Waals surface area contributed by atoms with Crippen molar-refractivity contribution in [1.29, 1.82) is 0 Å². The molecule has 1 aromatic rings. The largest absolute Gasteiger partial charge is 0.394 e. The first kappa shape index (κ1) is 12.8. The van der Waals surface area contributed by atoms with E-state index in [1.54, 1.807) is 12.3 Å². The predicted octanol–water partition coefficient (Wildman–Crippen LogP) is 1.73. The third kappa shape index (κ3) is 2.59. The normalized spacial score (nSPS) is 20.5. The summed E-state index contributed by atoms with van der Waals surface area (Å²) in [5, 5.41) is 20.5. The monoisotopic (exact) mass is 251 g/mol. The highest BCUT2D eigenvalue weighted by Crippen LogP contribution is 2.31. The number of pyridine rings is 1. The van der Waals surface area contributed by atoms with Crippen molar-refractivity contribution < 1.29 is 10.0 Å². The van der Waals surface area contributed by atoms with Crippen LogP contribution in [0, 0.1) is 10.1 Å². The molecule has 1 aliphatic rings. The number of rotatable bonds is 3. The number of aliphatic hydroxyl groups is 1. The summed E-state index contributed by atoms with van der Waals surface area (Å²) < 4.78 is 0. The van der Waals surface area contributed by atoms with Gasteiger partial charge in [0.2, 0.25) is 0 Å². The van der Waals surface area contributed by atoms with Gasteiger partial charge in [-0.3, -0.25) is 15.1 Å². The molecule has 0 aromatic carbocycles. The summed E-state index contributed by atoms with van der Waals surface area (Å²) in [5.74, 6) is 0. The van der Waals surface area contributed by atoms with Gasteiger partial charge in [0.15, 0.2) is 0 Å². The Kier molecular flexibility index (Phi) is 4.09. The number of aromatic nitrogens is 1. The highest BCUT2D eigenvalue weighted by atomic mass is 16.6. The number of hydrogen-bond acceptors (Lipinski definition) is 5. The molecule has 0 amide bonds. The number of aliphatic hydroxyl groups excluding tert-OH is 1. The van der Waals surface area contributed by atoms with Crippen molar-refractivity contribution in [1.82, 2.24) is 4.98 Å². The van der Waals surface area contributed by atoms with Crippen molar-refractivity contribution in [3.05, 3.63) is 28.6 Å². The highest BCUT2D eigenvalue weighted by Gasteiger charge is 2.26. The van der Waals surface area contributed by atoms with Gasteiger partial charge >= 0.3 is 5.69 Å². The lowest BCUT2D eigenvalue weighted by atomic mass is 10.1. The molecule has 1 aliphatic heterocycles. The van der Waals surface area contributed by atoms with Gasteiger partial charge in [0.1, 0.15) is 11.9 Å². The van der Waals surface area contributed by atoms with Gasteiger partial charge < -0.3 is 10.0 Å². The zero-order chi connectivity index (χ0) is 13.0. The molecule has 2 rings (SSSR count). The van der Waals surface area contributed by atoms with Crippen LogP contribution >= 0.6 is 0 Å². The fourth-order valence-electron chi connectivity index (χ4n) is 2.45. The maximum absolute atomic E-state index is 11.0. The van der Waals surface area contributed by atoms with E-state index in [2.05, 4.69) is 4.98 Å². The zero-order valence-corrected chi connectivity index (χ0v) is 10.2. The maximum Gasteiger partial charge on any atom is 0.310 e. The van der Waals surface area contributed by atoms with E-state index in [1.165, 1.54) is 6.20 Å². The minimum absolute atomic E-state index is 0.0119. The van der Waals surface area contributed by atoms with Crippen LogP contribution in [0.1, 0.15) is 25.7 Å². The van der Waals surface area contributed by atoms with Crippen molar-refractivity contribution in [3.63, 3.8) is 0 Å². The lowest BCUT2D eigenvalue weighted by Gasteiger charge is -2.30. The van der Waals surface area contributed by atoms with Gasteiger partial charge in [-0.2, -0.15) is 0 Å². The number of hydrogen-bond donors (Lipinski definition) is 1. The molecule has 1 aromatic heterocycles. The second-order valence-corrected chi connectivity index (χ2v) is 4.50. The van der Waals surface area contributed by atoms with Gasteiger partial charge in [-0.05, 0) is 18.9 Å². The van der Waals surface area contributed by atoms with E-state index >= 15 is 0 Å². The Morgan fingerprint density at radius 2 is 2.33 bits per heavy atom. The standard InChI is InChI=1S/C12H17N3O3/c16-9-10-4-2-1-3-7-14(10)11-5-6-13-8-12(11)15(17)18/h5-6,8,10,16H,1-4,7,9H2. The fraction of sp³-hybridized carbons (Fsp3) is 0.583. The molecular formula is C12H17N3O3. The lowest BCUT2D eigenvalue weighted by molar-refractivity contribution is -0.384. The summed E-state index contributed by atoms with van der Waals surface area (Å²) in [6, 6.07) is 1.63. The fourth-order valence-corrected chi connectivity index (χ4v) is 2.45. The summed E-state index contributed by atoms with van der Waals surface area (Å²) in [6.07, 6.45) is 6.86. The molecule has 2 heterocycles. The van der Waals surface area contributed by atoms with Crippen LogP contribution in [-0.4, -0.2) is 34.2 Å². The number of nitro groups is 1. The van der Waals surface area contributed by atoms with Crippen molar-refractivity contribution in [3.8, 4) is 0 Å². The van der Waals surface area contributed by atoms with E-state index in [0.29, 0.717) is 5.69 Å². The second-order valence-electron chi connectivity index (χ2n) is 4.50. The van der Waals surface area contributed by atoms with E-state index in [1.807, 2.05) is 4.90 Å². The van der Waals surface area contributed by atoms with Crippen molar-refractivity contribution in [2.45, 2.75) is 31.7 Å². The third-order valence-electron chi connectivity index (χ3n) is 3.37. The van der Waals surface area contributed by atoms with Gasteiger partial charge in [0, 0.05) is 12.7 Å². The van der Waals surface area contributed by atoms with Gasteiger partial charge in [0.25, 0.3) is 0 Å². The molecule has 98 valence electrons. The summed E-state index contributed by atoms with van der Waals surface area (Å²) in [6.45, 7) is 0.773. The molecule has 0 spiro atoms. The van der Waals surface area contributed by atoms with Gasteiger partial charge in [-0.1, -0.05) is 12.8 Å². The molecule has 0 saturated carbocycles. The van der Waals surface area contributed by atoms with E-state index in [9.17, 15) is 15.2 Å². The highest BCUT2D eigenvalue weighted by molar-refractivity contribution is 5.62. The molecule has 1 fully saturated rings. The van der Waals surface area contributed by atoms with Crippen LogP contribution in [0.5, 0.6) is 0 Å². The maximum atomic E-state index is 11.0. The summed E-state index contributed by atoms with van der Waals surface area (Å²) >= 11 is 0. The Morgan fingerprint density at radius 3 is 3.06 bits per heavy atom. The minimum atomic E-state index is -0.415. The van der Waals surface area contributed by atoms with Crippen LogP contribution in [0.2, 0.25) is 0 Å². The molecule has 0 radical (unpaired) electrons. The van der Waals surface area contributed by atoms with Crippen LogP contribution < -0.4 is 4.90 Å². The first-order chi connectivity index (χ1) is 8.74. The van der Waals surface area contributed by atoms with Crippen molar-refractivity contribution in [2.75, 3.05) is 18.1 Å². The van der Waals surface area contributed by atoms with Crippen molar-refractivity contribution >= 4 is 11.4 Å². The third-order valence-corrected chi connectivity index (χ3v) is 3.37.